The SMILES string of the molecule is O=C(O)[C@H]1CC=CC[C@H]1C(=O)Nc1ccc(Cl)c(Br)c1. The van der Waals surface area contributed by atoms with Crippen LogP contribution in [0.25, 0.3) is 0 Å². The third-order valence-corrected chi connectivity index (χ3v) is 4.49. The van der Waals surface area contributed by atoms with E-state index in [0.29, 0.717) is 28.0 Å². The number of halogens is 2. The summed E-state index contributed by atoms with van der Waals surface area (Å²) in [6.07, 6.45) is 4.48. The normalized spacial score (nSPS) is 21.5. The fourth-order valence-corrected chi connectivity index (χ4v) is 2.68. The minimum absolute atomic E-state index is 0.282. The van der Waals surface area contributed by atoms with Crippen molar-refractivity contribution in [3.8, 4) is 0 Å². The number of amides is 1. The van der Waals surface area contributed by atoms with Crippen molar-refractivity contribution in [1.82, 2.24) is 0 Å². The number of nitrogens with one attached hydrogen (secondary N) is 1. The van der Waals surface area contributed by atoms with Crippen molar-refractivity contribution in [2.75, 3.05) is 5.32 Å². The van der Waals surface area contributed by atoms with Gasteiger partial charge in [0.05, 0.1) is 16.9 Å². The van der Waals surface area contributed by atoms with Crippen LogP contribution in [0.2, 0.25) is 5.02 Å². The van der Waals surface area contributed by atoms with Gasteiger partial charge in [0.15, 0.2) is 0 Å². The van der Waals surface area contributed by atoms with Crippen molar-refractivity contribution in [2.45, 2.75) is 12.8 Å². The standard InChI is InChI=1S/C14H13BrClNO3/c15-11-7-8(5-6-12(11)16)17-13(18)9-3-1-2-4-10(9)14(19)20/h1-2,5-7,9-10H,3-4H2,(H,17,18)(H,19,20)/t9-,10+/m1/s1. The van der Waals surface area contributed by atoms with Crippen molar-refractivity contribution in [3.05, 3.63) is 39.8 Å². The first-order valence-electron chi connectivity index (χ1n) is 6.12. The van der Waals surface area contributed by atoms with E-state index in [1.165, 1.54) is 0 Å². The molecule has 1 aliphatic rings. The highest BCUT2D eigenvalue weighted by Crippen LogP contribution is 2.29. The van der Waals surface area contributed by atoms with Gasteiger partial charge in [0.25, 0.3) is 0 Å². The molecular formula is C14H13BrClNO3. The van der Waals surface area contributed by atoms with E-state index in [4.69, 9.17) is 16.7 Å². The van der Waals surface area contributed by atoms with E-state index in [2.05, 4.69) is 21.2 Å². The van der Waals surface area contributed by atoms with Crippen LogP contribution in [0, 0.1) is 11.8 Å². The van der Waals surface area contributed by atoms with Crippen LogP contribution in [-0.4, -0.2) is 17.0 Å². The first kappa shape index (κ1) is 15.1. The van der Waals surface area contributed by atoms with Gasteiger partial charge in [-0.15, -0.1) is 0 Å². The Kier molecular flexibility index (Phi) is 4.83. The molecule has 0 heterocycles. The number of hydrogen-bond acceptors (Lipinski definition) is 2. The van der Waals surface area contributed by atoms with E-state index in [-0.39, 0.29) is 5.91 Å². The Morgan fingerprint density at radius 1 is 1.25 bits per heavy atom. The fourth-order valence-electron chi connectivity index (χ4n) is 2.19. The summed E-state index contributed by atoms with van der Waals surface area (Å²) in [5.41, 5.74) is 0.588. The van der Waals surface area contributed by atoms with Gasteiger partial charge in [-0.1, -0.05) is 23.8 Å². The first-order chi connectivity index (χ1) is 9.49. The Hall–Kier alpha value is -1.33. The maximum Gasteiger partial charge on any atom is 0.307 e. The topological polar surface area (TPSA) is 66.4 Å². The lowest BCUT2D eigenvalue weighted by Crippen LogP contribution is -2.34. The highest BCUT2D eigenvalue weighted by Gasteiger charge is 2.33. The number of carbonyl (C=O) groups is 2. The summed E-state index contributed by atoms with van der Waals surface area (Å²) in [4.78, 5) is 23.4. The average molecular weight is 359 g/mol. The predicted octanol–water partition coefficient (Wildman–Crippen LogP) is 3.71. The van der Waals surface area contributed by atoms with Crippen LogP contribution in [0.3, 0.4) is 0 Å². The van der Waals surface area contributed by atoms with Gasteiger partial charge < -0.3 is 10.4 Å². The Labute approximate surface area is 129 Å². The number of carboxylic acids is 1. The second-order valence-electron chi connectivity index (χ2n) is 4.61. The number of aliphatic carboxylic acids is 1. The van der Waals surface area contributed by atoms with E-state index >= 15 is 0 Å². The van der Waals surface area contributed by atoms with Gasteiger partial charge in [-0.2, -0.15) is 0 Å². The number of carboxylic acid groups (broad SMARTS) is 1. The maximum atomic E-state index is 12.2. The molecule has 106 valence electrons. The fraction of sp³-hybridized carbons (Fsp3) is 0.286. The molecule has 0 fully saturated rings. The molecule has 1 amide bonds. The summed E-state index contributed by atoms with van der Waals surface area (Å²) in [5, 5.41) is 12.5. The first-order valence-corrected chi connectivity index (χ1v) is 7.30. The molecule has 0 spiro atoms. The molecule has 0 bridgehead atoms. The van der Waals surface area contributed by atoms with E-state index in [9.17, 15) is 9.59 Å². The smallest absolute Gasteiger partial charge is 0.307 e. The van der Waals surface area contributed by atoms with Crippen molar-refractivity contribution < 1.29 is 14.7 Å². The monoisotopic (exact) mass is 357 g/mol. The van der Waals surface area contributed by atoms with Crippen LogP contribution in [0.15, 0.2) is 34.8 Å². The zero-order chi connectivity index (χ0) is 14.7. The van der Waals surface area contributed by atoms with E-state index in [0.717, 1.165) is 0 Å². The molecule has 0 saturated carbocycles. The number of rotatable bonds is 3. The molecular weight excluding hydrogens is 346 g/mol. The second-order valence-corrected chi connectivity index (χ2v) is 5.87. The molecule has 20 heavy (non-hydrogen) atoms. The summed E-state index contributed by atoms with van der Waals surface area (Å²) in [6.45, 7) is 0. The third-order valence-electron chi connectivity index (χ3n) is 3.27. The lowest BCUT2D eigenvalue weighted by molar-refractivity contribution is -0.146. The second kappa shape index (κ2) is 6.41. The summed E-state index contributed by atoms with van der Waals surface area (Å²) >= 11 is 9.16. The molecule has 1 aromatic carbocycles. The zero-order valence-corrected chi connectivity index (χ0v) is 12.8. The Balaban J connectivity index is 2.12. The van der Waals surface area contributed by atoms with Gasteiger partial charge in [0, 0.05) is 10.2 Å². The van der Waals surface area contributed by atoms with E-state index < -0.39 is 17.8 Å². The lowest BCUT2D eigenvalue weighted by Gasteiger charge is -2.24. The van der Waals surface area contributed by atoms with Crippen LogP contribution >= 0.6 is 27.5 Å². The van der Waals surface area contributed by atoms with Gasteiger partial charge >= 0.3 is 5.97 Å². The number of hydrogen-bond donors (Lipinski definition) is 2. The summed E-state index contributed by atoms with van der Waals surface area (Å²) in [5.74, 6) is -2.44. The van der Waals surface area contributed by atoms with Gasteiger partial charge in [-0.05, 0) is 47.0 Å². The number of anilines is 1. The Morgan fingerprint density at radius 3 is 2.50 bits per heavy atom. The van der Waals surface area contributed by atoms with Crippen LogP contribution < -0.4 is 5.32 Å². The molecule has 6 heteroatoms. The molecule has 0 saturated heterocycles. The van der Waals surface area contributed by atoms with Crippen LogP contribution in [-0.2, 0) is 9.59 Å². The van der Waals surface area contributed by atoms with E-state index in [1.54, 1.807) is 24.3 Å². The highest BCUT2D eigenvalue weighted by molar-refractivity contribution is 9.10. The van der Waals surface area contributed by atoms with Crippen molar-refractivity contribution in [1.29, 1.82) is 0 Å². The minimum atomic E-state index is -0.938. The van der Waals surface area contributed by atoms with Gasteiger partial charge in [-0.25, -0.2) is 0 Å². The van der Waals surface area contributed by atoms with E-state index in [1.807, 2.05) is 6.08 Å². The van der Waals surface area contributed by atoms with Crippen LogP contribution in [0.5, 0.6) is 0 Å². The average Bonchev–Trinajstić information content (AvgIpc) is 2.43. The van der Waals surface area contributed by atoms with Gasteiger partial charge in [0.1, 0.15) is 0 Å². The van der Waals surface area contributed by atoms with Gasteiger partial charge in [-0.3, -0.25) is 9.59 Å². The number of carbonyl (C=O) groups excluding carboxylic acids is 1. The maximum absolute atomic E-state index is 12.2. The highest BCUT2D eigenvalue weighted by atomic mass is 79.9. The van der Waals surface area contributed by atoms with Crippen molar-refractivity contribution in [2.24, 2.45) is 11.8 Å². The summed E-state index contributed by atoms with van der Waals surface area (Å²) in [7, 11) is 0. The Bertz CT molecular complexity index is 574. The molecule has 0 aliphatic heterocycles. The van der Waals surface area contributed by atoms with Crippen molar-refractivity contribution in [3.63, 3.8) is 0 Å². The van der Waals surface area contributed by atoms with Crippen molar-refractivity contribution >= 4 is 45.1 Å². The minimum Gasteiger partial charge on any atom is -0.481 e. The van der Waals surface area contributed by atoms with Crippen LogP contribution in [0.1, 0.15) is 12.8 Å². The van der Waals surface area contributed by atoms with Gasteiger partial charge in [0.2, 0.25) is 5.91 Å². The summed E-state index contributed by atoms with van der Waals surface area (Å²) in [6, 6.07) is 5.03. The third kappa shape index (κ3) is 3.41. The lowest BCUT2D eigenvalue weighted by atomic mass is 9.82. The molecule has 4 nitrogen and oxygen atoms in total. The largest absolute Gasteiger partial charge is 0.481 e. The summed E-state index contributed by atoms with van der Waals surface area (Å²) < 4.78 is 0.676. The Morgan fingerprint density at radius 2 is 1.90 bits per heavy atom. The quantitative estimate of drug-likeness (QED) is 0.810. The molecule has 0 unspecified atom stereocenters. The number of allylic oxidation sites excluding steroid dienone is 2. The molecule has 0 aromatic heterocycles. The molecule has 2 atom stereocenters. The molecule has 2 N–H and O–H groups in total. The number of benzene rings is 1. The predicted molar refractivity (Wildman–Crippen MR) is 80.8 cm³/mol. The molecule has 0 radical (unpaired) electrons. The molecule has 2 rings (SSSR count). The molecule has 1 aromatic rings. The molecule has 1 aliphatic carbocycles. The van der Waals surface area contributed by atoms with Crippen LogP contribution in [0.4, 0.5) is 5.69 Å². The zero-order valence-electron chi connectivity index (χ0n) is 10.5.